The summed E-state index contributed by atoms with van der Waals surface area (Å²) in [6.07, 6.45) is 0.809. The second kappa shape index (κ2) is 3.76. The van der Waals surface area contributed by atoms with Crippen LogP contribution in [0.5, 0.6) is 0 Å². The molecule has 0 saturated carbocycles. The Bertz CT molecular complexity index is 718. The second-order valence-electron chi connectivity index (χ2n) is 3.01. The van der Waals surface area contributed by atoms with Gasteiger partial charge in [0.1, 0.15) is 11.8 Å². The van der Waals surface area contributed by atoms with Gasteiger partial charge < -0.3 is 4.42 Å². The normalized spacial score (nSPS) is 11.9. The molecule has 0 spiro atoms. The number of fused-ring (bicyclic) bond motifs is 1. The van der Waals surface area contributed by atoms with E-state index in [9.17, 15) is 13.2 Å². The molecule has 1 aromatic carbocycles. The van der Waals surface area contributed by atoms with Gasteiger partial charge in [-0.05, 0) is 12.1 Å². The van der Waals surface area contributed by atoms with Crippen LogP contribution in [0.1, 0.15) is 0 Å². The first-order valence-corrected chi connectivity index (χ1v) is 6.74. The van der Waals surface area contributed by atoms with Crippen LogP contribution in [0.15, 0.2) is 38.6 Å². The Balaban J connectivity index is 2.92. The maximum absolute atomic E-state index is 11.7. The molecule has 0 atom stereocenters. The summed E-state index contributed by atoms with van der Waals surface area (Å²) in [6, 6.07) is 4.27. The quantitative estimate of drug-likeness (QED) is 0.752. The third-order valence-electron chi connectivity index (χ3n) is 1.97. The molecular formula is C9H4Cl2O4S. The van der Waals surface area contributed by atoms with Gasteiger partial charge in [0, 0.05) is 21.8 Å². The Hall–Kier alpha value is -1.04. The van der Waals surface area contributed by atoms with Crippen molar-refractivity contribution in [1.82, 2.24) is 0 Å². The van der Waals surface area contributed by atoms with Crippen LogP contribution in [0.2, 0.25) is 5.02 Å². The summed E-state index contributed by atoms with van der Waals surface area (Å²) in [4.78, 5) is 11.1. The highest BCUT2D eigenvalue weighted by Gasteiger charge is 2.18. The maximum Gasteiger partial charge on any atom is 0.268 e. The number of rotatable bonds is 1. The molecule has 7 heteroatoms. The zero-order valence-corrected chi connectivity index (χ0v) is 9.93. The minimum Gasteiger partial charge on any atom is -0.463 e. The minimum absolute atomic E-state index is 0.117. The molecule has 2 rings (SSSR count). The van der Waals surface area contributed by atoms with Crippen molar-refractivity contribution in [3.05, 3.63) is 39.7 Å². The van der Waals surface area contributed by atoms with E-state index in [4.69, 9.17) is 26.7 Å². The fourth-order valence-electron chi connectivity index (χ4n) is 1.25. The summed E-state index contributed by atoms with van der Waals surface area (Å²) in [6.45, 7) is 0. The molecule has 1 heterocycles. The Morgan fingerprint density at radius 3 is 2.56 bits per heavy atom. The Morgan fingerprint density at radius 2 is 1.94 bits per heavy atom. The fourth-order valence-corrected chi connectivity index (χ4v) is 2.23. The lowest BCUT2D eigenvalue weighted by atomic mass is 10.2. The van der Waals surface area contributed by atoms with Crippen molar-refractivity contribution in [1.29, 1.82) is 0 Å². The Morgan fingerprint density at radius 1 is 1.25 bits per heavy atom. The molecule has 0 aliphatic carbocycles. The molecule has 84 valence electrons. The fraction of sp³-hybridized carbons (Fsp3) is 0. The molecule has 0 bridgehead atoms. The zero-order valence-electron chi connectivity index (χ0n) is 7.61. The zero-order chi connectivity index (χ0) is 11.9. The average Bonchev–Trinajstić information content (AvgIpc) is 2.15. The first kappa shape index (κ1) is 11.4. The van der Waals surface area contributed by atoms with Crippen LogP contribution in [-0.4, -0.2) is 8.42 Å². The van der Waals surface area contributed by atoms with Gasteiger partial charge in [-0.25, -0.2) is 8.42 Å². The summed E-state index contributed by atoms with van der Waals surface area (Å²) in [7, 11) is 0.980. The summed E-state index contributed by atoms with van der Waals surface area (Å²) in [5.74, 6) is 0. The highest BCUT2D eigenvalue weighted by Crippen LogP contribution is 2.19. The van der Waals surface area contributed by atoms with Crippen LogP contribution in [0.25, 0.3) is 11.0 Å². The molecule has 0 saturated heterocycles. The predicted molar refractivity (Wildman–Crippen MR) is 60.5 cm³/mol. The van der Waals surface area contributed by atoms with Crippen molar-refractivity contribution >= 4 is 42.3 Å². The van der Waals surface area contributed by atoms with Gasteiger partial charge in [0.15, 0.2) is 4.90 Å². The van der Waals surface area contributed by atoms with Gasteiger partial charge in [0.05, 0.1) is 5.39 Å². The minimum atomic E-state index is -4.10. The SMILES string of the molecule is O=c1c(S(=O)(=O)Cl)coc2cc(Cl)ccc12. The van der Waals surface area contributed by atoms with E-state index in [0.29, 0.717) is 5.02 Å². The van der Waals surface area contributed by atoms with E-state index in [1.165, 1.54) is 18.2 Å². The monoisotopic (exact) mass is 278 g/mol. The van der Waals surface area contributed by atoms with Crippen molar-refractivity contribution in [3.8, 4) is 0 Å². The van der Waals surface area contributed by atoms with Gasteiger partial charge in [-0.15, -0.1) is 0 Å². The van der Waals surface area contributed by atoms with Crippen molar-refractivity contribution in [2.24, 2.45) is 0 Å². The molecule has 0 unspecified atom stereocenters. The smallest absolute Gasteiger partial charge is 0.268 e. The van der Waals surface area contributed by atoms with Crippen molar-refractivity contribution < 1.29 is 12.8 Å². The van der Waals surface area contributed by atoms with Crippen LogP contribution >= 0.6 is 22.3 Å². The third-order valence-corrected chi connectivity index (χ3v) is 3.51. The predicted octanol–water partition coefficient (Wildman–Crippen LogP) is 2.37. The lowest BCUT2D eigenvalue weighted by molar-refractivity contribution is 0.572. The second-order valence-corrected chi connectivity index (χ2v) is 5.98. The molecule has 2 aromatic rings. The van der Waals surface area contributed by atoms with E-state index >= 15 is 0 Å². The Kier molecular flexibility index (Phi) is 2.69. The number of hydrogen-bond acceptors (Lipinski definition) is 4. The van der Waals surface area contributed by atoms with Gasteiger partial charge in [0.25, 0.3) is 9.05 Å². The Labute approximate surface area is 99.8 Å². The molecule has 0 N–H and O–H groups in total. The van der Waals surface area contributed by atoms with E-state index in [0.717, 1.165) is 6.26 Å². The summed E-state index contributed by atoms with van der Waals surface area (Å²) in [5, 5.41) is 0.503. The molecule has 0 aliphatic rings. The number of hydrogen-bond donors (Lipinski definition) is 0. The van der Waals surface area contributed by atoms with E-state index in [2.05, 4.69) is 0 Å². The van der Waals surface area contributed by atoms with E-state index in [1.54, 1.807) is 0 Å². The summed E-state index contributed by atoms with van der Waals surface area (Å²) >= 11 is 5.69. The molecular weight excluding hydrogens is 275 g/mol. The van der Waals surface area contributed by atoms with E-state index < -0.39 is 19.4 Å². The number of halogens is 2. The number of benzene rings is 1. The highest BCUT2D eigenvalue weighted by molar-refractivity contribution is 8.13. The molecule has 4 nitrogen and oxygen atoms in total. The lowest BCUT2D eigenvalue weighted by Gasteiger charge is -1.99. The summed E-state index contributed by atoms with van der Waals surface area (Å²) in [5.41, 5.74) is -0.491. The van der Waals surface area contributed by atoms with Crippen molar-refractivity contribution in [2.45, 2.75) is 4.90 Å². The van der Waals surface area contributed by atoms with Gasteiger partial charge in [-0.3, -0.25) is 4.79 Å². The van der Waals surface area contributed by atoms with Crippen LogP contribution < -0.4 is 5.43 Å². The topological polar surface area (TPSA) is 64.3 Å². The van der Waals surface area contributed by atoms with Gasteiger partial charge in [0.2, 0.25) is 5.43 Å². The molecule has 1 aromatic heterocycles. The van der Waals surface area contributed by atoms with E-state index in [-0.39, 0.29) is 11.0 Å². The van der Waals surface area contributed by atoms with Gasteiger partial charge in [-0.1, -0.05) is 11.6 Å². The third kappa shape index (κ3) is 1.93. The highest BCUT2D eigenvalue weighted by atomic mass is 35.7. The largest absolute Gasteiger partial charge is 0.463 e. The standard InChI is InChI=1S/C9H4Cl2O4S/c10-5-1-2-6-7(3-5)15-4-8(9(6)12)16(11,13)14/h1-4H. The first-order chi connectivity index (χ1) is 7.39. The van der Waals surface area contributed by atoms with Crippen LogP contribution in [0, 0.1) is 0 Å². The van der Waals surface area contributed by atoms with Gasteiger partial charge in [-0.2, -0.15) is 0 Å². The van der Waals surface area contributed by atoms with Crippen LogP contribution in [0.4, 0.5) is 0 Å². The first-order valence-electron chi connectivity index (χ1n) is 4.05. The van der Waals surface area contributed by atoms with Crippen molar-refractivity contribution in [2.75, 3.05) is 0 Å². The average molecular weight is 279 g/mol. The van der Waals surface area contributed by atoms with Gasteiger partial charge >= 0.3 is 0 Å². The van der Waals surface area contributed by atoms with Crippen LogP contribution in [0.3, 0.4) is 0 Å². The maximum atomic E-state index is 11.7. The molecule has 0 aliphatic heterocycles. The van der Waals surface area contributed by atoms with E-state index in [1.807, 2.05) is 0 Å². The van der Waals surface area contributed by atoms with Crippen LogP contribution in [-0.2, 0) is 9.05 Å². The lowest BCUT2D eigenvalue weighted by Crippen LogP contribution is -2.10. The van der Waals surface area contributed by atoms with Crippen molar-refractivity contribution in [3.63, 3.8) is 0 Å². The molecule has 0 radical (unpaired) electrons. The molecule has 16 heavy (non-hydrogen) atoms. The molecule has 0 fully saturated rings. The molecule has 0 amide bonds. The summed E-state index contributed by atoms with van der Waals surface area (Å²) < 4.78 is 27.1.